The fourth-order valence-electron chi connectivity index (χ4n) is 9.94. The van der Waals surface area contributed by atoms with Crippen molar-refractivity contribution >= 4 is 35.2 Å². The van der Waals surface area contributed by atoms with Gasteiger partial charge in [-0.3, -0.25) is 34.6 Å². The minimum absolute atomic E-state index is 0.0171. The molecule has 3 fully saturated rings. The highest BCUT2D eigenvalue weighted by molar-refractivity contribution is 6.10. The average Bonchev–Trinajstić information content (AvgIpc) is 3.75. The van der Waals surface area contributed by atoms with Crippen LogP contribution in [0.25, 0.3) is 0 Å². The first-order valence-electron chi connectivity index (χ1n) is 18.6. The SMILES string of the molecule is O=C1CCC(N2Cc3c(CCCCCNC(=O)[C@@H]4NC5(CCCCC5)[C@@]5(C(=O)Nc6ccccc65)[C@H]4c4ccccc4)cccc3C2=O)C(=O)N1. The zero-order valence-corrected chi connectivity index (χ0v) is 28.8. The number of carbonyl (C=O) groups is 5. The Bertz CT molecular complexity index is 1890. The van der Waals surface area contributed by atoms with E-state index in [-0.39, 0.29) is 36.0 Å². The van der Waals surface area contributed by atoms with Crippen molar-refractivity contribution < 1.29 is 24.0 Å². The van der Waals surface area contributed by atoms with Gasteiger partial charge in [-0.15, -0.1) is 0 Å². The molecule has 3 aromatic rings. The molecule has 4 N–H and O–H groups in total. The Kier molecular flexibility index (Phi) is 8.74. The maximum absolute atomic E-state index is 14.4. The maximum atomic E-state index is 14.4. The van der Waals surface area contributed by atoms with Gasteiger partial charge >= 0.3 is 0 Å². The molecule has 2 saturated heterocycles. The predicted octanol–water partition coefficient (Wildman–Crippen LogP) is 4.63. The number of fused-ring (bicyclic) bond motifs is 4. The molecule has 2 spiro atoms. The number of benzene rings is 3. The zero-order valence-electron chi connectivity index (χ0n) is 28.8. The van der Waals surface area contributed by atoms with Crippen LogP contribution in [0.15, 0.2) is 72.8 Å². The topological polar surface area (TPSA) is 137 Å². The number of carbonyl (C=O) groups excluding carboxylic acids is 5. The molecule has 5 amide bonds. The first-order chi connectivity index (χ1) is 24.8. The third kappa shape index (κ3) is 5.46. The zero-order chi connectivity index (χ0) is 35.2. The number of piperidine rings is 1. The molecule has 51 heavy (non-hydrogen) atoms. The summed E-state index contributed by atoms with van der Waals surface area (Å²) in [4.78, 5) is 67.6. The fraction of sp³-hybridized carbons (Fsp3) is 0.439. The monoisotopic (exact) mass is 687 g/mol. The van der Waals surface area contributed by atoms with Crippen LogP contribution >= 0.6 is 0 Å². The number of para-hydroxylation sites is 1. The summed E-state index contributed by atoms with van der Waals surface area (Å²) in [5.74, 6) is -1.32. The standard InChI is InChI=1S/C41H45N5O5/c47-33-21-20-32(36(48)44-33)46-25-29-26(16-12-17-28(29)38(46)50)13-6-2-11-24-42-37(49)35-34(27-14-4-1-5-15-27)41(40(45-35)22-9-3-10-23-40)30-18-7-8-19-31(30)43-39(41)51/h1,4-5,7-8,12,14-19,32,34-35,45H,2-3,6,9-11,13,20-25H2,(H,42,49)(H,43,51)(H,44,47,48)/t32?,34-,35+,41+/m0/s1. The molecule has 10 nitrogen and oxygen atoms in total. The summed E-state index contributed by atoms with van der Waals surface area (Å²) in [5, 5.41) is 12.7. The summed E-state index contributed by atoms with van der Waals surface area (Å²) < 4.78 is 0. The normalized spacial score (nSPS) is 26.3. The molecule has 1 unspecified atom stereocenters. The van der Waals surface area contributed by atoms with Gasteiger partial charge in [0.2, 0.25) is 23.6 Å². The van der Waals surface area contributed by atoms with Crippen molar-refractivity contribution in [1.82, 2.24) is 20.9 Å². The van der Waals surface area contributed by atoms with Gasteiger partial charge in [-0.05, 0) is 72.9 Å². The Labute approximate surface area is 298 Å². The molecule has 1 aliphatic carbocycles. The van der Waals surface area contributed by atoms with Crippen molar-refractivity contribution in [2.75, 3.05) is 11.9 Å². The van der Waals surface area contributed by atoms with E-state index in [4.69, 9.17) is 0 Å². The van der Waals surface area contributed by atoms with E-state index in [0.717, 1.165) is 85.7 Å². The third-order valence-corrected chi connectivity index (χ3v) is 12.2. The van der Waals surface area contributed by atoms with E-state index in [0.29, 0.717) is 25.1 Å². The van der Waals surface area contributed by atoms with Crippen molar-refractivity contribution in [2.24, 2.45) is 0 Å². The number of rotatable bonds is 9. The van der Waals surface area contributed by atoms with Gasteiger partial charge < -0.3 is 15.5 Å². The van der Waals surface area contributed by atoms with Gasteiger partial charge in [0.1, 0.15) is 11.5 Å². The molecule has 8 rings (SSSR count). The Hall–Kier alpha value is -4.83. The highest BCUT2D eigenvalue weighted by Gasteiger charge is 2.71. The number of hydrogen-bond donors (Lipinski definition) is 4. The molecule has 4 aliphatic heterocycles. The van der Waals surface area contributed by atoms with E-state index >= 15 is 0 Å². The maximum Gasteiger partial charge on any atom is 0.255 e. The smallest absolute Gasteiger partial charge is 0.255 e. The Morgan fingerprint density at radius 1 is 0.843 bits per heavy atom. The summed E-state index contributed by atoms with van der Waals surface area (Å²) in [6, 6.07) is 22.6. The molecule has 4 heterocycles. The molecule has 4 atom stereocenters. The molecule has 5 aliphatic rings. The third-order valence-electron chi connectivity index (χ3n) is 12.2. The van der Waals surface area contributed by atoms with Crippen LogP contribution in [0, 0.1) is 0 Å². The number of imide groups is 1. The number of hydrogen-bond acceptors (Lipinski definition) is 6. The van der Waals surface area contributed by atoms with Crippen molar-refractivity contribution in [3.8, 4) is 0 Å². The van der Waals surface area contributed by atoms with Crippen molar-refractivity contribution in [3.63, 3.8) is 0 Å². The Morgan fingerprint density at radius 3 is 2.43 bits per heavy atom. The van der Waals surface area contributed by atoms with Crippen molar-refractivity contribution in [3.05, 3.63) is 101 Å². The van der Waals surface area contributed by atoms with E-state index in [1.807, 2.05) is 54.6 Å². The minimum Gasteiger partial charge on any atom is -0.355 e. The van der Waals surface area contributed by atoms with Gasteiger partial charge in [0.05, 0.1) is 6.04 Å². The number of amides is 5. The first kappa shape index (κ1) is 33.3. The molecule has 0 aromatic heterocycles. The summed E-state index contributed by atoms with van der Waals surface area (Å²) in [6.07, 6.45) is 8.74. The summed E-state index contributed by atoms with van der Waals surface area (Å²) in [5.41, 5.74) is 4.07. The van der Waals surface area contributed by atoms with E-state index in [2.05, 4.69) is 39.5 Å². The van der Waals surface area contributed by atoms with Crippen LogP contribution < -0.4 is 21.3 Å². The predicted molar refractivity (Wildman–Crippen MR) is 192 cm³/mol. The van der Waals surface area contributed by atoms with Crippen LogP contribution in [0.2, 0.25) is 0 Å². The van der Waals surface area contributed by atoms with E-state index < -0.39 is 28.9 Å². The van der Waals surface area contributed by atoms with Gasteiger partial charge in [-0.2, -0.15) is 0 Å². The van der Waals surface area contributed by atoms with Gasteiger partial charge in [-0.25, -0.2) is 0 Å². The second-order valence-electron chi connectivity index (χ2n) is 14.9. The van der Waals surface area contributed by atoms with E-state index in [1.54, 1.807) is 4.90 Å². The number of nitrogens with one attached hydrogen (secondary N) is 4. The lowest BCUT2D eigenvalue weighted by atomic mass is 9.55. The van der Waals surface area contributed by atoms with Gasteiger partial charge in [0.25, 0.3) is 5.91 Å². The summed E-state index contributed by atoms with van der Waals surface area (Å²) in [6.45, 7) is 0.894. The highest BCUT2D eigenvalue weighted by atomic mass is 16.2. The van der Waals surface area contributed by atoms with Crippen molar-refractivity contribution in [1.29, 1.82) is 0 Å². The molecule has 3 aromatic carbocycles. The lowest BCUT2D eigenvalue weighted by Gasteiger charge is -2.47. The van der Waals surface area contributed by atoms with Gasteiger partial charge in [0, 0.05) is 42.2 Å². The van der Waals surface area contributed by atoms with Crippen LogP contribution in [-0.2, 0) is 37.6 Å². The molecule has 264 valence electrons. The number of unbranched alkanes of at least 4 members (excludes halogenated alkanes) is 2. The van der Waals surface area contributed by atoms with Crippen LogP contribution in [-0.4, -0.2) is 58.6 Å². The van der Waals surface area contributed by atoms with Crippen LogP contribution in [0.3, 0.4) is 0 Å². The number of anilines is 1. The quantitative estimate of drug-likeness (QED) is 0.192. The van der Waals surface area contributed by atoms with Crippen LogP contribution in [0.1, 0.15) is 103 Å². The second-order valence-corrected chi connectivity index (χ2v) is 14.9. The number of aryl methyl sites for hydroxylation is 1. The highest BCUT2D eigenvalue weighted by Crippen LogP contribution is 2.62. The van der Waals surface area contributed by atoms with E-state index in [9.17, 15) is 24.0 Å². The molecular formula is C41H45N5O5. The lowest BCUT2D eigenvalue weighted by molar-refractivity contribution is -0.137. The molecule has 1 saturated carbocycles. The molecule has 0 radical (unpaired) electrons. The summed E-state index contributed by atoms with van der Waals surface area (Å²) >= 11 is 0. The van der Waals surface area contributed by atoms with Crippen LogP contribution in [0.4, 0.5) is 5.69 Å². The van der Waals surface area contributed by atoms with Crippen molar-refractivity contribution in [2.45, 2.75) is 106 Å². The minimum atomic E-state index is -0.904. The first-order valence-corrected chi connectivity index (χ1v) is 18.6. The fourth-order valence-corrected chi connectivity index (χ4v) is 9.94. The molecule has 0 bridgehead atoms. The average molecular weight is 688 g/mol. The second kappa shape index (κ2) is 13.4. The largest absolute Gasteiger partial charge is 0.355 e. The van der Waals surface area contributed by atoms with Gasteiger partial charge in [-0.1, -0.05) is 86.3 Å². The Balaban J connectivity index is 0.939. The van der Waals surface area contributed by atoms with Crippen LogP contribution in [0.5, 0.6) is 0 Å². The molecular weight excluding hydrogens is 642 g/mol. The lowest BCUT2D eigenvalue weighted by Crippen LogP contribution is -2.60. The van der Waals surface area contributed by atoms with Gasteiger partial charge in [0.15, 0.2) is 0 Å². The van der Waals surface area contributed by atoms with E-state index in [1.165, 1.54) is 0 Å². The number of nitrogens with zero attached hydrogens (tertiary/aromatic N) is 1. The summed E-state index contributed by atoms with van der Waals surface area (Å²) in [7, 11) is 0. The Morgan fingerprint density at radius 2 is 1.63 bits per heavy atom. The molecule has 10 heteroatoms.